The fourth-order valence-corrected chi connectivity index (χ4v) is 0.683. The zero-order valence-electron chi connectivity index (χ0n) is 6.10. The van der Waals surface area contributed by atoms with Crippen LogP contribution in [0.5, 0.6) is 0 Å². The summed E-state index contributed by atoms with van der Waals surface area (Å²) in [6, 6.07) is 0. The van der Waals surface area contributed by atoms with Crippen molar-refractivity contribution in [2.24, 2.45) is 5.41 Å². The molecule has 52 valence electrons. The van der Waals surface area contributed by atoms with Crippen LogP contribution in [0.2, 0.25) is 0 Å². The average molecular weight is 128 g/mol. The van der Waals surface area contributed by atoms with E-state index in [-0.39, 0.29) is 5.78 Å². The van der Waals surface area contributed by atoms with Crippen LogP contribution < -0.4 is 0 Å². The normalized spacial score (nSPS) is 11.0. The van der Waals surface area contributed by atoms with Gasteiger partial charge in [0.25, 0.3) is 0 Å². The van der Waals surface area contributed by atoms with E-state index in [1.807, 2.05) is 0 Å². The van der Waals surface area contributed by atoms with E-state index in [1.165, 1.54) is 6.92 Å². The van der Waals surface area contributed by atoms with Gasteiger partial charge in [-0.3, -0.25) is 4.79 Å². The first kappa shape index (κ1) is 8.34. The first-order valence-electron chi connectivity index (χ1n) is 2.94. The Morgan fingerprint density at radius 3 is 2.11 bits per heavy atom. The van der Waals surface area contributed by atoms with Crippen molar-refractivity contribution in [1.82, 2.24) is 0 Å². The molecule has 9 heavy (non-hydrogen) atoms. The third-order valence-electron chi connectivity index (χ3n) is 1.02. The van der Waals surface area contributed by atoms with Crippen molar-refractivity contribution in [3.63, 3.8) is 0 Å². The lowest BCUT2D eigenvalue weighted by Crippen LogP contribution is -2.16. The van der Waals surface area contributed by atoms with Gasteiger partial charge in [0, 0.05) is 11.8 Å². The molecule has 0 aromatic heterocycles. The monoisotopic (exact) mass is 128 g/mol. The lowest BCUT2D eigenvalue weighted by atomic mass is 9.90. The van der Waals surface area contributed by atoms with Gasteiger partial charge in [0.2, 0.25) is 0 Å². The van der Waals surface area contributed by atoms with Crippen molar-refractivity contribution >= 4 is 12.1 Å². The molecule has 0 spiro atoms. The molecule has 0 aromatic carbocycles. The summed E-state index contributed by atoms with van der Waals surface area (Å²) in [4.78, 5) is 20.7. The van der Waals surface area contributed by atoms with Crippen LogP contribution in [0.4, 0.5) is 0 Å². The van der Waals surface area contributed by atoms with E-state index >= 15 is 0 Å². The number of carbonyl (C=O) groups excluding carboxylic acids is 2. The smallest absolute Gasteiger partial charge is 0.130 e. The lowest BCUT2D eigenvalue weighted by Gasteiger charge is -2.12. The molecule has 0 N–H and O–H groups in total. The molecule has 0 atom stereocenters. The topological polar surface area (TPSA) is 34.1 Å². The van der Waals surface area contributed by atoms with Crippen molar-refractivity contribution in [3.8, 4) is 0 Å². The standard InChI is InChI=1S/C7H12O2/c1-6(9)4-7(2,3)5-8/h5H,4H2,1-3H3. The summed E-state index contributed by atoms with van der Waals surface area (Å²) in [7, 11) is 0. The number of rotatable bonds is 3. The number of carbonyl (C=O) groups is 2. The molecule has 0 radical (unpaired) electrons. The first-order chi connectivity index (χ1) is 3.98. The highest BCUT2D eigenvalue weighted by atomic mass is 16.1. The van der Waals surface area contributed by atoms with Gasteiger partial charge in [0.1, 0.15) is 12.1 Å². The summed E-state index contributed by atoms with van der Waals surface area (Å²) in [5, 5.41) is 0. The van der Waals surface area contributed by atoms with Gasteiger partial charge in [0.05, 0.1) is 0 Å². The van der Waals surface area contributed by atoms with Crippen molar-refractivity contribution in [1.29, 1.82) is 0 Å². The van der Waals surface area contributed by atoms with Gasteiger partial charge >= 0.3 is 0 Å². The van der Waals surface area contributed by atoms with Gasteiger partial charge < -0.3 is 4.79 Å². The molecule has 0 saturated heterocycles. The molecule has 0 heterocycles. The number of hydrogen-bond donors (Lipinski definition) is 0. The Labute approximate surface area is 55.3 Å². The van der Waals surface area contributed by atoms with Crippen LogP contribution in [0.15, 0.2) is 0 Å². The van der Waals surface area contributed by atoms with Crippen LogP contribution >= 0.6 is 0 Å². The van der Waals surface area contributed by atoms with Gasteiger partial charge in [0.15, 0.2) is 0 Å². The maximum atomic E-state index is 10.5. The average Bonchev–Trinajstić information content (AvgIpc) is 1.63. The summed E-state index contributed by atoms with van der Waals surface area (Å²) < 4.78 is 0. The molecule has 0 amide bonds. The lowest BCUT2D eigenvalue weighted by molar-refractivity contribution is -0.124. The van der Waals surface area contributed by atoms with E-state index in [4.69, 9.17) is 0 Å². The maximum absolute atomic E-state index is 10.5. The summed E-state index contributed by atoms with van der Waals surface area (Å²) >= 11 is 0. The number of ketones is 1. The molecule has 2 nitrogen and oxygen atoms in total. The van der Waals surface area contributed by atoms with Gasteiger partial charge in [-0.1, -0.05) is 13.8 Å². The van der Waals surface area contributed by atoms with E-state index in [9.17, 15) is 9.59 Å². The fourth-order valence-electron chi connectivity index (χ4n) is 0.683. The van der Waals surface area contributed by atoms with Crippen LogP contribution in [0.1, 0.15) is 27.2 Å². The van der Waals surface area contributed by atoms with Gasteiger partial charge in [-0.15, -0.1) is 0 Å². The van der Waals surface area contributed by atoms with Crippen LogP contribution in [0.3, 0.4) is 0 Å². The van der Waals surface area contributed by atoms with Gasteiger partial charge in [-0.05, 0) is 6.92 Å². The molecule has 0 rings (SSSR count). The minimum absolute atomic E-state index is 0.0621. The maximum Gasteiger partial charge on any atom is 0.130 e. The van der Waals surface area contributed by atoms with E-state index in [2.05, 4.69) is 0 Å². The molecule has 0 aliphatic rings. The molecule has 2 heteroatoms. The molecule has 0 saturated carbocycles. The molecule has 0 aromatic rings. The summed E-state index contributed by atoms with van der Waals surface area (Å²) in [5.74, 6) is 0.0621. The second kappa shape index (κ2) is 2.76. The zero-order chi connectivity index (χ0) is 7.49. The predicted molar refractivity (Wildman–Crippen MR) is 35.1 cm³/mol. The Bertz CT molecular complexity index is 125. The Morgan fingerprint density at radius 2 is 2.00 bits per heavy atom. The highest BCUT2D eigenvalue weighted by molar-refractivity contribution is 5.79. The van der Waals surface area contributed by atoms with Crippen molar-refractivity contribution in [3.05, 3.63) is 0 Å². The summed E-state index contributed by atoms with van der Waals surface area (Å²) in [6.07, 6.45) is 1.16. The van der Waals surface area contributed by atoms with Crippen LogP contribution in [0.25, 0.3) is 0 Å². The largest absolute Gasteiger partial charge is 0.303 e. The van der Waals surface area contributed by atoms with Gasteiger partial charge in [-0.2, -0.15) is 0 Å². The van der Waals surface area contributed by atoms with E-state index < -0.39 is 5.41 Å². The molecule has 0 aliphatic heterocycles. The predicted octanol–water partition coefficient (Wildman–Crippen LogP) is 1.19. The Balaban J connectivity index is 3.86. The Morgan fingerprint density at radius 1 is 1.56 bits per heavy atom. The van der Waals surface area contributed by atoms with E-state index in [0.29, 0.717) is 6.42 Å². The highest BCUT2D eigenvalue weighted by Gasteiger charge is 2.17. The second-order valence-electron chi connectivity index (χ2n) is 2.99. The Hall–Kier alpha value is -0.660. The van der Waals surface area contributed by atoms with Gasteiger partial charge in [-0.25, -0.2) is 0 Å². The second-order valence-corrected chi connectivity index (χ2v) is 2.99. The third kappa shape index (κ3) is 3.88. The van der Waals surface area contributed by atoms with E-state index in [1.54, 1.807) is 13.8 Å². The number of Topliss-reactive ketones (excluding diaryl/α,β-unsaturated/α-hetero) is 1. The summed E-state index contributed by atoms with van der Waals surface area (Å²) in [5.41, 5.74) is -0.466. The minimum atomic E-state index is -0.466. The SMILES string of the molecule is CC(=O)CC(C)(C)C=O. The third-order valence-corrected chi connectivity index (χ3v) is 1.02. The van der Waals surface area contributed by atoms with Crippen molar-refractivity contribution in [2.75, 3.05) is 0 Å². The molecule has 0 fully saturated rings. The molecule has 0 aliphatic carbocycles. The highest BCUT2D eigenvalue weighted by Crippen LogP contribution is 2.15. The van der Waals surface area contributed by atoms with Crippen LogP contribution in [0, 0.1) is 5.41 Å². The molecule has 0 unspecified atom stereocenters. The van der Waals surface area contributed by atoms with Crippen LogP contribution in [-0.2, 0) is 9.59 Å². The summed E-state index contributed by atoms with van der Waals surface area (Å²) in [6.45, 7) is 4.99. The van der Waals surface area contributed by atoms with Crippen molar-refractivity contribution in [2.45, 2.75) is 27.2 Å². The molecule has 0 bridgehead atoms. The fraction of sp³-hybridized carbons (Fsp3) is 0.714. The van der Waals surface area contributed by atoms with Crippen molar-refractivity contribution < 1.29 is 9.59 Å². The quantitative estimate of drug-likeness (QED) is 0.535. The Kier molecular flexibility index (Phi) is 2.56. The molecular weight excluding hydrogens is 116 g/mol. The number of aldehydes is 1. The number of hydrogen-bond acceptors (Lipinski definition) is 2. The zero-order valence-corrected chi connectivity index (χ0v) is 6.10. The van der Waals surface area contributed by atoms with E-state index in [0.717, 1.165) is 6.29 Å². The first-order valence-corrected chi connectivity index (χ1v) is 2.94. The minimum Gasteiger partial charge on any atom is -0.303 e. The molecular formula is C7H12O2. The van der Waals surface area contributed by atoms with Crippen LogP contribution in [-0.4, -0.2) is 12.1 Å².